The third-order valence-electron chi connectivity index (χ3n) is 12.1. The Morgan fingerprint density at radius 2 is 1.25 bits per heavy atom. The average Bonchev–Trinajstić information content (AvgIpc) is 3.22. The minimum absolute atomic E-state index is 0.0107. The molecule has 2 bridgehead atoms. The van der Waals surface area contributed by atoms with E-state index in [1.165, 1.54) is 6.08 Å². The third-order valence-corrected chi connectivity index (χ3v) is 12.1. The summed E-state index contributed by atoms with van der Waals surface area (Å²) in [6.45, 7) is 10.7. The molecular weight excluding hydrogens is 831 g/mol. The summed E-state index contributed by atoms with van der Waals surface area (Å²) in [6, 6.07) is -1.07. The highest BCUT2D eigenvalue weighted by Crippen LogP contribution is 2.38. The van der Waals surface area contributed by atoms with Gasteiger partial charge in [-0.05, 0) is 33.1 Å². The van der Waals surface area contributed by atoms with Crippen molar-refractivity contribution in [2.75, 3.05) is 0 Å². The fourth-order valence-electron chi connectivity index (χ4n) is 7.98. The maximum absolute atomic E-state index is 12.6. The molecule has 0 saturated carbocycles. The summed E-state index contributed by atoms with van der Waals surface area (Å²) in [5, 5.41) is 108. The predicted octanol–water partition coefficient (Wildman–Crippen LogP) is 1.81. The maximum Gasteiger partial charge on any atom is 0.308 e. The van der Waals surface area contributed by atoms with Gasteiger partial charge in [-0.1, -0.05) is 105 Å². The second kappa shape index (κ2) is 27.5. The highest BCUT2D eigenvalue weighted by molar-refractivity contribution is 5.70. The molecule has 64 heavy (non-hydrogen) atoms. The SMILES string of the molecule is C=C[C@H]1[C@@H]2C[C@@H](O[C@@H]3O[C@H](C)[C@@H](O)[C@H](N)[C@@H]3O)/C=C/C=C/C=C/C=C/C=C/C=C/C=C/[C@H](C)[C@@H](O)[C@@H](C)[C@H](C)OC(=O)C[C@H](O)C[C@H](O)CC[C@@H](O)[C@H](O)C[C@H](O)C[C@](O)(C[C@@H]1O)O2. The molecule has 2 saturated heterocycles. The molecule has 2 fully saturated rings. The molecule has 16 heteroatoms. The van der Waals surface area contributed by atoms with Gasteiger partial charge in [-0.3, -0.25) is 4.79 Å². The summed E-state index contributed by atoms with van der Waals surface area (Å²) in [7, 11) is 0. The van der Waals surface area contributed by atoms with Crippen LogP contribution < -0.4 is 5.73 Å². The van der Waals surface area contributed by atoms with E-state index in [1.807, 2.05) is 61.6 Å². The number of ether oxygens (including phenoxy) is 4. The van der Waals surface area contributed by atoms with Crippen molar-refractivity contribution in [2.45, 2.75) is 177 Å². The first-order chi connectivity index (χ1) is 30.2. The minimum Gasteiger partial charge on any atom is -0.462 e. The van der Waals surface area contributed by atoms with E-state index in [1.54, 1.807) is 51.2 Å². The fraction of sp³-hybridized carbons (Fsp3) is 0.646. The van der Waals surface area contributed by atoms with Gasteiger partial charge in [0.1, 0.15) is 12.2 Å². The number of hydrogen-bond donors (Lipinski definition) is 11. The number of carbonyl (C=O) groups is 1. The van der Waals surface area contributed by atoms with Crippen LogP contribution >= 0.6 is 0 Å². The van der Waals surface area contributed by atoms with E-state index >= 15 is 0 Å². The molecule has 0 amide bonds. The summed E-state index contributed by atoms with van der Waals surface area (Å²) < 4.78 is 23.6. The van der Waals surface area contributed by atoms with Crippen LogP contribution in [0, 0.1) is 17.8 Å². The van der Waals surface area contributed by atoms with Crippen molar-refractivity contribution in [1.29, 1.82) is 0 Å². The lowest BCUT2D eigenvalue weighted by atomic mass is 9.82. The first kappa shape index (κ1) is 55.2. The van der Waals surface area contributed by atoms with Crippen molar-refractivity contribution in [2.24, 2.45) is 23.5 Å². The number of allylic oxidation sites excluding steroid dienone is 12. The van der Waals surface area contributed by atoms with Crippen LogP contribution in [-0.2, 0) is 23.7 Å². The standard InChI is InChI=1S/C48H75NO15/c1-6-37-40(55)28-48(60)27-35(52)24-39(54)38(53)22-21-33(50)23-34(51)25-42(56)61-31(4)30(3)44(57)29(2)19-17-15-13-11-9-7-8-10-12-14-16-18-20-36(26-41(37)64-48)63-47-46(59)43(49)45(58)32(5)62-47/h6-20,29-41,43-47,50-55,57-60H,1,21-28,49H2,2-5H3/b8-7+,11-9+,12-10+,15-13+,16-14+,19-17+,20-18+/t29-,30-,31-,32+,33+,34+,35-,36-,37+,38+,39+,40-,41-,43-,44+,45+,46-,47-,48+/m0/s1. The Hall–Kier alpha value is -3.17. The summed E-state index contributed by atoms with van der Waals surface area (Å²) in [4.78, 5) is 12.6. The molecule has 12 N–H and O–H groups in total. The number of aliphatic hydroxyl groups is 10. The molecule has 362 valence electrons. The molecule has 16 nitrogen and oxygen atoms in total. The van der Waals surface area contributed by atoms with Gasteiger partial charge in [0, 0.05) is 43.4 Å². The second-order valence-electron chi connectivity index (χ2n) is 17.5. The number of aliphatic hydroxyl groups excluding tert-OH is 9. The summed E-state index contributed by atoms with van der Waals surface area (Å²) in [5.41, 5.74) is 6.06. The Labute approximate surface area is 377 Å². The molecule has 0 aromatic rings. The van der Waals surface area contributed by atoms with Crippen LogP contribution in [-0.4, -0.2) is 155 Å². The summed E-state index contributed by atoms with van der Waals surface area (Å²) in [5.74, 6) is -4.21. The number of esters is 1. The van der Waals surface area contributed by atoms with Crippen LogP contribution in [0.4, 0.5) is 0 Å². The zero-order valence-corrected chi connectivity index (χ0v) is 37.5. The Kier molecular flexibility index (Phi) is 23.7. The Bertz CT molecular complexity index is 1610. The highest BCUT2D eigenvalue weighted by atomic mass is 16.7. The first-order valence-corrected chi connectivity index (χ1v) is 22.3. The lowest BCUT2D eigenvalue weighted by molar-refractivity contribution is -0.306. The molecule has 0 spiro atoms. The fourth-order valence-corrected chi connectivity index (χ4v) is 7.98. The number of hydrogen-bond acceptors (Lipinski definition) is 16. The highest BCUT2D eigenvalue weighted by Gasteiger charge is 2.47. The maximum atomic E-state index is 12.6. The Morgan fingerprint density at radius 1 is 0.672 bits per heavy atom. The van der Waals surface area contributed by atoms with Crippen molar-refractivity contribution in [3.05, 3.63) is 97.7 Å². The van der Waals surface area contributed by atoms with Crippen LogP contribution in [0.25, 0.3) is 0 Å². The van der Waals surface area contributed by atoms with Crippen molar-refractivity contribution < 1.29 is 74.8 Å². The van der Waals surface area contributed by atoms with Crippen LogP contribution in [0.2, 0.25) is 0 Å². The smallest absolute Gasteiger partial charge is 0.308 e. The van der Waals surface area contributed by atoms with Crippen LogP contribution in [0.3, 0.4) is 0 Å². The predicted molar refractivity (Wildman–Crippen MR) is 240 cm³/mol. The van der Waals surface area contributed by atoms with Gasteiger partial charge in [-0.15, -0.1) is 6.58 Å². The van der Waals surface area contributed by atoms with Crippen molar-refractivity contribution in [3.63, 3.8) is 0 Å². The molecule has 0 aromatic heterocycles. The van der Waals surface area contributed by atoms with Gasteiger partial charge in [0.2, 0.25) is 0 Å². The van der Waals surface area contributed by atoms with E-state index in [-0.39, 0.29) is 38.0 Å². The largest absolute Gasteiger partial charge is 0.462 e. The second-order valence-corrected chi connectivity index (χ2v) is 17.5. The number of cyclic esters (lactones) is 1. The molecule has 0 unspecified atom stereocenters. The molecule has 3 heterocycles. The molecule has 0 aliphatic carbocycles. The lowest BCUT2D eigenvalue weighted by Crippen LogP contribution is -2.61. The van der Waals surface area contributed by atoms with Crippen molar-refractivity contribution in [1.82, 2.24) is 0 Å². The third kappa shape index (κ3) is 18.2. The quantitative estimate of drug-likeness (QED) is 0.142. The van der Waals surface area contributed by atoms with Gasteiger partial charge in [-0.2, -0.15) is 0 Å². The Balaban J connectivity index is 1.83. The van der Waals surface area contributed by atoms with Crippen molar-refractivity contribution in [3.8, 4) is 0 Å². The number of carbonyl (C=O) groups excluding carboxylic acids is 1. The summed E-state index contributed by atoms with van der Waals surface area (Å²) >= 11 is 0. The number of fused-ring (bicyclic) bond motifs is 2. The van der Waals surface area contributed by atoms with Crippen LogP contribution in [0.1, 0.15) is 79.1 Å². The van der Waals surface area contributed by atoms with Gasteiger partial charge in [0.25, 0.3) is 0 Å². The molecular formula is C48H75NO15. The van der Waals surface area contributed by atoms with E-state index in [0.29, 0.717) is 0 Å². The van der Waals surface area contributed by atoms with E-state index in [9.17, 15) is 55.9 Å². The number of rotatable bonds is 3. The van der Waals surface area contributed by atoms with Crippen LogP contribution in [0.5, 0.6) is 0 Å². The average molecular weight is 906 g/mol. The minimum atomic E-state index is -2.10. The van der Waals surface area contributed by atoms with Gasteiger partial charge in [-0.25, -0.2) is 0 Å². The zero-order valence-electron chi connectivity index (χ0n) is 37.5. The Morgan fingerprint density at radius 3 is 1.84 bits per heavy atom. The van der Waals surface area contributed by atoms with Gasteiger partial charge >= 0.3 is 5.97 Å². The van der Waals surface area contributed by atoms with Gasteiger partial charge < -0.3 is 75.7 Å². The van der Waals surface area contributed by atoms with Gasteiger partial charge in [0.05, 0.1) is 79.6 Å². The zero-order chi connectivity index (χ0) is 47.6. The first-order valence-electron chi connectivity index (χ1n) is 22.3. The molecule has 19 atom stereocenters. The van der Waals surface area contributed by atoms with E-state index in [0.717, 1.165) is 0 Å². The number of nitrogens with two attached hydrogens (primary N) is 1. The topological polar surface area (TPSA) is 282 Å². The monoisotopic (exact) mass is 906 g/mol. The van der Waals surface area contributed by atoms with E-state index in [4.69, 9.17) is 24.7 Å². The molecule has 3 aliphatic heterocycles. The van der Waals surface area contributed by atoms with Gasteiger partial charge in [0.15, 0.2) is 12.1 Å². The molecule has 0 aromatic carbocycles. The normalized spacial score (nSPS) is 46.0. The molecule has 3 rings (SSSR count). The van der Waals surface area contributed by atoms with E-state index in [2.05, 4.69) is 6.58 Å². The lowest BCUT2D eigenvalue weighted by Gasteiger charge is -2.46. The van der Waals surface area contributed by atoms with E-state index < -0.39 is 135 Å². The molecule has 0 radical (unpaired) electrons. The van der Waals surface area contributed by atoms with Crippen molar-refractivity contribution >= 4 is 5.97 Å². The van der Waals surface area contributed by atoms with Crippen LogP contribution in [0.15, 0.2) is 97.7 Å². The molecule has 3 aliphatic rings. The summed E-state index contributed by atoms with van der Waals surface area (Å²) in [6.07, 6.45) is 8.82.